The second-order valence-electron chi connectivity index (χ2n) is 8.51. The van der Waals surface area contributed by atoms with Crippen molar-refractivity contribution >= 4 is 36.3 Å². The summed E-state index contributed by atoms with van der Waals surface area (Å²) in [6.07, 6.45) is 3.71. The molecule has 12 heteroatoms. The average molecular weight is 491 g/mol. The van der Waals surface area contributed by atoms with Gasteiger partial charge in [-0.25, -0.2) is 4.79 Å². The summed E-state index contributed by atoms with van der Waals surface area (Å²) in [5.41, 5.74) is 16.9. The minimum atomic E-state index is -1.22. The van der Waals surface area contributed by atoms with Gasteiger partial charge in [0.1, 0.15) is 18.1 Å². The number of nitrogens with one attached hydrogen (secondary N) is 3. The maximum atomic E-state index is 13.0. The summed E-state index contributed by atoms with van der Waals surface area (Å²) in [6, 6.07) is -3.82. The Morgan fingerprint density at radius 2 is 1.27 bits per heavy atom. The van der Waals surface area contributed by atoms with Crippen LogP contribution in [0, 0.1) is 5.92 Å². The van der Waals surface area contributed by atoms with Gasteiger partial charge in [0, 0.05) is 5.75 Å². The highest BCUT2D eigenvalue weighted by atomic mass is 32.1. The van der Waals surface area contributed by atoms with E-state index in [1.165, 1.54) is 0 Å². The number of unbranched alkanes of at least 4 members (excludes halogenated alkanes) is 2. The van der Waals surface area contributed by atoms with Crippen molar-refractivity contribution in [2.75, 3.05) is 18.8 Å². The summed E-state index contributed by atoms with van der Waals surface area (Å²) in [4.78, 5) is 49.5. The maximum absolute atomic E-state index is 13.0. The Morgan fingerprint density at radius 1 is 0.788 bits per heavy atom. The van der Waals surface area contributed by atoms with E-state index in [1.807, 2.05) is 13.8 Å². The van der Waals surface area contributed by atoms with Gasteiger partial charge in [0.15, 0.2) is 0 Å². The van der Waals surface area contributed by atoms with Crippen molar-refractivity contribution in [2.45, 2.75) is 83.0 Å². The van der Waals surface area contributed by atoms with Crippen molar-refractivity contribution in [3.63, 3.8) is 0 Å². The molecule has 0 rings (SSSR count). The first-order valence-corrected chi connectivity index (χ1v) is 12.1. The Morgan fingerprint density at radius 3 is 1.76 bits per heavy atom. The van der Waals surface area contributed by atoms with Gasteiger partial charge < -0.3 is 38.3 Å². The van der Waals surface area contributed by atoms with E-state index in [0.717, 1.165) is 6.42 Å². The molecule has 0 aromatic heterocycles. The van der Waals surface area contributed by atoms with E-state index in [4.69, 9.17) is 17.2 Å². The standard InChI is InChI=1S/C21H42N6O5S/c1-13(2)11-16(26-18(28)14(24)7-3-5-9-22)20(30)25-15(8-4-6-10-23)19(29)27-17(12-33)21(31)32/h13-17,33H,3-12,22-24H2,1-2H3,(H,25,30)(H,26,28)(H,27,29)(H,31,32). The molecule has 10 N–H and O–H groups in total. The number of rotatable bonds is 18. The van der Waals surface area contributed by atoms with Gasteiger partial charge in [-0.15, -0.1) is 0 Å². The van der Waals surface area contributed by atoms with Gasteiger partial charge in [-0.05, 0) is 57.5 Å². The smallest absolute Gasteiger partial charge is 0.327 e. The fourth-order valence-corrected chi connectivity index (χ4v) is 3.36. The van der Waals surface area contributed by atoms with Crippen molar-refractivity contribution in [3.05, 3.63) is 0 Å². The van der Waals surface area contributed by atoms with Gasteiger partial charge in [-0.1, -0.05) is 20.3 Å². The Hall–Kier alpha value is -1.89. The lowest BCUT2D eigenvalue weighted by molar-refractivity contribution is -0.141. The van der Waals surface area contributed by atoms with Crippen LogP contribution in [0.4, 0.5) is 0 Å². The molecule has 0 aromatic carbocycles. The number of carboxylic acid groups (broad SMARTS) is 1. The zero-order chi connectivity index (χ0) is 25.4. The third kappa shape index (κ3) is 13.4. The zero-order valence-corrected chi connectivity index (χ0v) is 20.6. The first-order valence-electron chi connectivity index (χ1n) is 11.5. The third-order valence-electron chi connectivity index (χ3n) is 5.02. The summed E-state index contributed by atoms with van der Waals surface area (Å²) in [7, 11) is 0. The molecule has 4 atom stereocenters. The van der Waals surface area contributed by atoms with E-state index >= 15 is 0 Å². The largest absolute Gasteiger partial charge is 0.480 e. The van der Waals surface area contributed by atoms with E-state index < -0.39 is 47.9 Å². The summed E-state index contributed by atoms with van der Waals surface area (Å²) in [5, 5.41) is 16.9. The molecule has 0 heterocycles. The molecule has 0 saturated carbocycles. The van der Waals surface area contributed by atoms with Crippen molar-refractivity contribution < 1.29 is 24.3 Å². The summed E-state index contributed by atoms with van der Waals surface area (Å²) in [6.45, 7) is 4.74. The molecule has 192 valence electrons. The summed E-state index contributed by atoms with van der Waals surface area (Å²) >= 11 is 3.95. The second-order valence-corrected chi connectivity index (χ2v) is 8.87. The minimum absolute atomic E-state index is 0.0830. The van der Waals surface area contributed by atoms with Crippen molar-refractivity contribution in [2.24, 2.45) is 23.1 Å². The lowest BCUT2D eigenvalue weighted by atomic mass is 10.0. The minimum Gasteiger partial charge on any atom is -0.480 e. The Balaban J connectivity index is 5.33. The van der Waals surface area contributed by atoms with Crippen LogP contribution in [0.15, 0.2) is 0 Å². The molecule has 11 nitrogen and oxygen atoms in total. The number of hydrogen-bond acceptors (Lipinski definition) is 8. The molecule has 0 aliphatic rings. The van der Waals surface area contributed by atoms with Crippen LogP contribution in [0.25, 0.3) is 0 Å². The second kappa shape index (κ2) is 17.6. The summed E-state index contributed by atoms with van der Waals surface area (Å²) in [5.74, 6) is -2.85. The average Bonchev–Trinajstić information content (AvgIpc) is 2.75. The predicted molar refractivity (Wildman–Crippen MR) is 131 cm³/mol. The molecule has 33 heavy (non-hydrogen) atoms. The van der Waals surface area contributed by atoms with Crippen LogP contribution >= 0.6 is 12.6 Å². The molecular weight excluding hydrogens is 448 g/mol. The molecule has 0 bridgehead atoms. The molecular formula is C21H42N6O5S. The van der Waals surface area contributed by atoms with E-state index in [0.29, 0.717) is 45.2 Å². The molecule has 0 saturated heterocycles. The fourth-order valence-electron chi connectivity index (χ4n) is 3.11. The predicted octanol–water partition coefficient (Wildman–Crippen LogP) is -0.913. The summed E-state index contributed by atoms with van der Waals surface area (Å²) < 4.78 is 0. The highest BCUT2D eigenvalue weighted by Gasteiger charge is 2.30. The Labute approximate surface area is 201 Å². The lowest BCUT2D eigenvalue weighted by Crippen LogP contribution is -2.57. The molecule has 0 aliphatic heterocycles. The van der Waals surface area contributed by atoms with Crippen LogP contribution in [-0.4, -0.2) is 71.8 Å². The highest BCUT2D eigenvalue weighted by Crippen LogP contribution is 2.09. The fraction of sp³-hybridized carbons (Fsp3) is 0.810. The van der Waals surface area contributed by atoms with Gasteiger partial charge in [-0.2, -0.15) is 12.6 Å². The van der Waals surface area contributed by atoms with Crippen LogP contribution < -0.4 is 33.2 Å². The van der Waals surface area contributed by atoms with E-state index in [2.05, 4.69) is 28.6 Å². The molecule has 0 fully saturated rings. The number of carbonyl (C=O) groups excluding carboxylic acids is 3. The molecule has 0 aliphatic carbocycles. The van der Waals surface area contributed by atoms with Crippen molar-refractivity contribution in [1.29, 1.82) is 0 Å². The quantitative estimate of drug-likeness (QED) is 0.0890. The molecule has 0 spiro atoms. The van der Waals surface area contributed by atoms with Gasteiger partial charge in [0.25, 0.3) is 0 Å². The van der Waals surface area contributed by atoms with E-state index in [1.54, 1.807) is 0 Å². The number of carbonyl (C=O) groups is 4. The van der Waals surface area contributed by atoms with Crippen LogP contribution in [0.1, 0.15) is 58.8 Å². The Bertz CT molecular complexity index is 622. The van der Waals surface area contributed by atoms with Crippen LogP contribution in [0.3, 0.4) is 0 Å². The van der Waals surface area contributed by atoms with Gasteiger partial charge in [0.05, 0.1) is 6.04 Å². The van der Waals surface area contributed by atoms with Crippen LogP contribution in [0.5, 0.6) is 0 Å². The first kappa shape index (κ1) is 31.1. The monoisotopic (exact) mass is 490 g/mol. The first-order chi connectivity index (χ1) is 15.6. The SMILES string of the molecule is CC(C)CC(NC(=O)C(N)CCCCN)C(=O)NC(CCCCN)C(=O)NC(CS)C(=O)O. The topological polar surface area (TPSA) is 203 Å². The number of hydrogen-bond donors (Lipinski definition) is 8. The van der Waals surface area contributed by atoms with Crippen LogP contribution in [-0.2, 0) is 19.2 Å². The number of amides is 3. The molecule has 4 unspecified atom stereocenters. The highest BCUT2D eigenvalue weighted by molar-refractivity contribution is 7.80. The Kier molecular flexibility index (Phi) is 16.6. The van der Waals surface area contributed by atoms with E-state index in [9.17, 15) is 24.3 Å². The number of nitrogens with two attached hydrogens (primary N) is 3. The van der Waals surface area contributed by atoms with Crippen molar-refractivity contribution in [3.8, 4) is 0 Å². The zero-order valence-electron chi connectivity index (χ0n) is 19.7. The van der Waals surface area contributed by atoms with Crippen LogP contribution in [0.2, 0.25) is 0 Å². The van der Waals surface area contributed by atoms with Gasteiger partial charge in [-0.3, -0.25) is 14.4 Å². The van der Waals surface area contributed by atoms with Gasteiger partial charge >= 0.3 is 5.97 Å². The lowest BCUT2D eigenvalue weighted by Gasteiger charge is -2.26. The molecule has 0 aromatic rings. The third-order valence-corrected chi connectivity index (χ3v) is 5.39. The molecule has 0 radical (unpaired) electrons. The maximum Gasteiger partial charge on any atom is 0.327 e. The molecule has 3 amide bonds. The number of carboxylic acids is 1. The number of thiol groups is 1. The normalized spacial score (nSPS) is 14.8. The van der Waals surface area contributed by atoms with E-state index in [-0.39, 0.29) is 18.1 Å². The van der Waals surface area contributed by atoms with Crippen molar-refractivity contribution in [1.82, 2.24) is 16.0 Å². The van der Waals surface area contributed by atoms with Gasteiger partial charge in [0.2, 0.25) is 17.7 Å². The number of aliphatic carboxylic acids is 1.